The van der Waals surface area contributed by atoms with Gasteiger partial charge in [0, 0.05) is 28.9 Å². The maximum Gasteiger partial charge on any atom is 0.262 e. The van der Waals surface area contributed by atoms with Gasteiger partial charge >= 0.3 is 0 Å². The molecule has 1 saturated carbocycles. The van der Waals surface area contributed by atoms with Gasteiger partial charge in [-0.3, -0.25) is 18.6 Å². The minimum atomic E-state index is -0.0644. The first-order valence-corrected chi connectivity index (χ1v) is 12.1. The van der Waals surface area contributed by atoms with E-state index >= 15 is 0 Å². The van der Waals surface area contributed by atoms with E-state index in [0.717, 1.165) is 42.1 Å². The molecule has 1 aliphatic rings. The molecule has 0 amide bonds. The van der Waals surface area contributed by atoms with E-state index in [9.17, 15) is 9.59 Å². The molecule has 0 atom stereocenters. The molecular weight excluding hydrogens is 416 g/mol. The van der Waals surface area contributed by atoms with Crippen molar-refractivity contribution in [3.05, 3.63) is 67.8 Å². The van der Waals surface area contributed by atoms with Gasteiger partial charge in [0.1, 0.15) is 0 Å². The molecule has 0 N–H and O–H groups in total. The predicted octanol–water partition coefficient (Wildman–Crippen LogP) is 4.57. The van der Waals surface area contributed by atoms with Crippen LogP contribution in [0.25, 0.3) is 15.9 Å². The number of aryl methyl sites for hydroxylation is 1. The van der Waals surface area contributed by atoms with Crippen molar-refractivity contribution in [2.75, 3.05) is 0 Å². The van der Waals surface area contributed by atoms with Crippen LogP contribution >= 0.6 is 23.1 Å². The second kappa shape index (κ2) is 8.00. The third-order valence-electron chi connectivity index (χ3n) is 5.69. The predicted molar refractivity (Wildman–Crippen MR) is 122 cm³/mol. The average Bonchev–Trinajstić information content (AvgIpc) is 3.14. The fourth-order valence-electron chi connectivity index (χ4n) is 4.20. The highest BCUT2D eigenvalue weighted by atomic mass is 32.2. The van der Waals surface area contributed by atoms with Gasteiger partial charge in [-0.1, -0.05) is 43.2 Å². The van der Waals surface area contributed by atoms with E-state index in [0.29, 0.717) is 21.8 Å². The van der Waals surface area contributed by atoms with Crippen molar-refractivity contribution < 1.29 is 0 Å². The number of thioether (sulfide) groups is 1. The lowest BCUT2D eigenvalue weighted by atomic mass is 9.95. The second-order valence-corrected chi connectivity index (χ2v) is 9.53. The second-order valence-electron chi connectivity index (χ2n) is 7.75. The van der Waals surface area contributed by atoms with Gasteiger partial charge in [0.2, 0.25) is 0 Å². The number of hydrogen-bond donors (Lipinski definition) is 0. The maximum atomic E-state index is 13.3. The molecule has 0 bridgehead atoms. The number of rotatable bonds is 4. The lowest BCUT2D eigenvalue weighted by molar-refractivity contribution is 0.326. The number of para-hydroxylation sites is 1. The molecule has 0 unspecified atom stereocenters. The average molecular weight is 439 g/mol. The molecule has 3 heterocycles. The molecule has 4 aromatic rings. The zero-order chi connectivity index (χ0) is 20.7. The normalized spacial score (nSPS) is 15.2. The van der Waals surface area contributed by atoms with Crippen molar-refractivity contribution in [2.24, 2.45) is 0 Å². The van der Waals surface area contributed by atoms with Crippen LogP contribution in [0, 0.1) is 6.92 Å². The first-order valence-electron chi connectivity index (χ1n) is 10.2. The zero-order valence-electron chi connectivity index (χ0n) is 16.7. The first kappa shape index (κ1) is 19.5. The van der Waals surface area contributed by atoms with Gasteiger partial charge in [-0.2, -0.15) is 0 Å². The molecule has 5 rings (SSSR count). The van der Waals surface area contributed by atoms with Crippen molar-refractivity contribution in [3.8, 4) is 0 Å². The Kier molecular flexibility index (Phi) is 5.20. The third kappa shape index (κ3) is 3.48. The lowest BCUT2D eigenvalue weighted by Gasteiger charge is -2.26. The van der Waals surface area contributed by atoms with Gasteiger partial charge < -0.3 is 0 Å². The molecule has 3 aromatic heterocycles. The molecule has 0 radical (unpaired) electrons. The van der Waals surface area contributed by atoms with Crippen LogP contribution in [-0.4, -0.2) is 18.9 Å². The van der Waals surface area contributed by atoms with E-state index in [1.807, 2.05) is 41.1 Å². The summed E-state index contributed by atoms with van der Waals surface area (Å²) < 4.78 is 3.53. The molecule has 6 nitrogen and oxygen atoms in total. The highest BCUT2D eigenvalue weighted by molar-refractivity contribution is 7.98. The summed E-state index contributed by atoms with van der Waals surface area (Å²) in [5.41, 5.74) is 2.30. The summed E-state index contributed by atoms with van der Waals surface area (Å²) in [7, 11) is 0. The minimum absolute atomic E-state index is 0.0346. The highest BCUT2D eigenvalue weighted by Gasteiger charge is 2.22. The Bertz CT molecular complexity index is 1350. The molecule has 0 spiro atoms. The quantitative estimate of drug-likeness (QED) is 0.345. The van der Waals surface area contributed by atoms with Crippen molar-refractivity contribution >= 4 is 39.0 Å². The van der Waals surface area contributed by atoms with Crippen molar-refractivity contribution in [3.63, 3.8) is 0 Å². The highest BCUT2D eigenvalue weighted by Crippen LogP contribution is 2.32. The summed E-state index contributed by atoms with van der Waals surface area (Å²) in [6.45, 7) is 1.91. The molecule has 30 heavy (non-hydrogen) atoms. The third-order valence-corrected chi connectivity index (χ3v) is 7.62. The maximum absolute atomic E-state index is 13.3. The van der Waals surface area contributed by atoms with Gasteiger partial charge in [0.05, 0.1) is 16.6 Å². The van der Waals surface area contributed by atoms with Gasteiger partial charge in [0.25, 0.3) is 11.1 Å². The Morgan fingerprint density at radius 3 is 2.77 bits per heavy atom. The number of fused-ring (bicyclic) bond motifs is 2. The largest absolute Gasteiger partial charge is 0.284 e. The summed E-state index contributed by atoms with van der Waals surface area (Å²) in [5.74, 6) is 0.500. The van der Waals surface area contributed by atoms with Crippen LogP contribution in [-0.2, 0) is 5.75 Å². The van der Waals surface area contributed by atoms with Crippen LogP contribution in [0.4, 0.5) is 0 Å². The van der Waals surface area contributed by atoms with E-state index in [1.165, 1.54) is 29.5 Å². The SMILES string of the molecule is Cc1csc2nc(CSc3nc4ccccc4c(=O)n3C3CCCCC3)cc(=O)n12. The van der Waals surface area contributed by atoms with E-state index in [4.69, 9.17) is 4.98 Å². The summed E-state index contributed by atoms with van der Waals surface area (Å²) >= 11 is 2.96. The van der Waals surface area contributed by atoms with Gasteiger partial charge in [-0.25, -0.2) is 9.97 Å². The number of aromatic nitrogens is 4. The first-order chi connectivity index (χ1) is 14.6. The summed E-state index contributed by atoms with van der Waals surface area (Å²) in [5, 5.41) is 3.32. The van der Waals surface area contributed by atoms with Crippen LogP contribution in [0.15, 0.2) is 50.5 Å². The number of hydrogen-bond acceptors (Lipinski definition) is 6. The van der Waals surface area contributed by atoms with Crippen LogP contribution in [0.2, 0.25) is 0 Å². The van der Waals surface area contributed by atoms with Crippen LogP contribution in [0.5, 0.6) is 0 Å². The van der Waals surface area contributed by atoms with Gasteiger partial charge in [-0.05, 0) is 31.9 Å². The molecule has 8 heteroatoms. The fourth-order valence-corrected chi connectivity index (χ4v) is 6.05. The van der Waals surface area contributed by atoms with E-state index in [2.05, 4.69) is 4.98 Å². The molecular formula is C22H22N4O2S2. The minimum Gasteiger partial charge on any atom is -0.284 e. The van der Waals surface area contributed by atoms with Crippen LogP contribution < -0.4 is 11.1 Å². The molecule has 0 aliphatic heterocycles. The molecule has 1 fully saturated rings. The number of nitrogens with zero attached hydrogens (tertiary/aromatic N) is 4. The van der Waals surface area contributed by atoms with Gasteiger partial charge in [-0.15, -0.1) is 11.3 Å². The fraction of sp³-hybridized carbons (Fsp3) is 0.364. The van der Waals surface area contributed by atoms with Gasteiger partial charge in [0.15, 0.2) is 10.1 Å². The molecule has 1 aromatic carbocycles. The standard InChI is InChI=1S/C22H22N4O2S2/c1-14-12-29-21-23-15(11-19(27)25(14)21)13-30-22-24-18-10-6-5-9-17(18)20(28)26(22)16-7-3-2-4-8-16/h5-6,9-12,16H,2-4,7-8,13H2,1H3. The molecule has 0 saturated heterocycles. The van der Waals surface area contributed by atoms with Crippen molar-refractivity contribution in [1.82, 2.24) is 18.9 Å². The Morgan fingerprint density at radius 1 is 1.13 bits per heavy atom. The lowest BCUT2D eigenvalue weighted by Crippen LogP contribution is -2.29. The summed E-state index contributed by atoms with van der Waals surface area (Å²) in [6, 6.07) is 9.31. The summed E-state index contributed by atoms with van der Waals surface area (Å²) in [6.07, 6.45) is 5.52. The van der Waals surface area contributed by atoms with Crippen LogP contribution in [0.1, 0.15) is 49.5 Å². The molecule has 154 valence electrons. The summed E-state index contributed by atoms with van der Waals surface area (Å²) in [4.78, 5) is 36.0. The van der Waals surface area contributed by atoms with Crippen LogP contribution in [0.3, 0.4) is 0 Å². The van der Waals surface area contributed by atoms with E-state index in [1.54, 1.807) is 10.5 Å². The Morgan fingerprint density at radius 2 is 1.93 bits per heavy atom. The van der Waals surface area contributed by atoms with Crippen molar-refractivity contribution in [2.45, 2.75) is 56.0 Å². The Balaban J connectivity index is 1.54. The Hall–Kier alpha value is -2.45. The van der Waals surface area contributed by atoms with E-state index in [-0.39, 0.29) is 17.2 Å². The van der Waals surface area contributed by atoms with E-state index < -0.39 is 0 Å². The number of benzene rings is 1. The Labute approximate surface area is 181 Å². The number of thiazole rings is 1. The van der Waals surface area contributed by atoms with Crippen molar-refractivity contribution in [1.29, 1.82) is 0 Å². The molecule has 1 aliphatic carbocycles. The monoisotopic (exact) mass is 438 g/mol. The topological polar surface area (TPSA) is 69.3 Å². The smallest absolute Gasteiger partial charge is 0.262 e. The zero-order valence-corrected chi connectivity index (χ0v) is 18.3.